The largest absolute Gasteiger partial charge is 0.331 e. The average molecular weight is 236 g/mol. The van der Waals surface area contributed by atoms with Crippen LogP contribution in [-0.4, -0.2) is 23.1 Å². The van der Waals surface area contributed by atoms with Crippen molar-refractivity contribution in [2.45, 2.75) is 18.9 Å². The van der Waals surface area contributed by atoms with Gasteiger partial charge in [-0.25, -0.2) is 0 Å². The summed E-state index contributed by atoms with van der Waals surface area (Å²) >= 11 is 5.88. The van der Waals surface area contributed by atoms with E-state index in [1.165, 1.54) is 0 Å². The molecule has 3 rings (SSSR count). The zero-order chi connectivity index (χ0) is 11.3. The molecule has 1 amide bonds. The molecule has 0 bridgehead atoms. The number of piperidine rings is 1. The predicted octanol–water partition coefficient (Wildman–Crippen LogP) is 2.20. The van der Waals surface area contributed by atoms with E-state index in [0.717, 1.165) is 5.56 Å². The Morgan fingerprint density at radius 3 is 2.94 bits per heavy atom. The molecule has 1 aromatic rings. The average Bonchev–Trinajstić information content (AvgIpc) is 2.52. The van der Waals surface area contributed by atoms with Gasteiger partial charge in [-0.05, 0) is 17.7 Å². The fraction of sp³-hybridized carbons (Fsp3) is 0.333. The minimum Gasteiger partial charge on any atom is -0.331 e. The molecule has 2 heterocycles. The summed E-state index contributed by atoms with van der Waals surface area (Å²) in [6.07, 6.45) is 0.921. The van der Waals surface area contributed by atoms with Crippen molar-refractivity contribution in [1.29, 1.82) is 0 Å². The summed E-state index contributed by atoms with van der Waals surface area (Å²) in [6.45, 7) is 0.536. The van der Waals surface area contributed by atoms with Gasteiger partial charge in [0.2, 0.25) is 0 Å². The van der Waals surface area contributed by atoms with E-state index in [1.54, 1.807) is 17.0 Å². The molecule has 82 valence electrons. The van der Waals surface area contributed by atoms with Crippen molar-refractivity contribution in [3.63, 3.8) is 0 Å². The van der Waals surface area contributed by atoms with E-state index in [1.807, 2.05) is 6.07 Å². The van der Waals surface area contributed by atoms with Crippen LogP contribution in [0.5, 0.6) is 0 Å². The van der Waals surface area contributed by atoms with Crippen LogP contribution in [0.2, 0.25) is 5.02 Å². The number of hydrogen-bond acceptors (Lipinski definition) is 2. The number of benzene rings is 1. The highest BCUT2D eigenvalue weighted by Crippen LogP contribution is 2.39. The summed E-state index contributed by atoms with van der Waals surface area (Å²) in [5.41, 5.74) is 1.61. The molecular formula is C12H10ClNO2. The Morgan fingerprint density at radius 2 is 2.12 bits per heavy atom. The topological polar surface area (TPSA) is 37.4 Å². The quantitative estimate of drug-likeness (QED) is 0.691. The highest BCUT2D eigenvalue weighted by molar-refractivity contribution is 6.31. The Balaban J connectivity index is 2.10. The van der Waals surface area contributed by atoms with Crippen molar-refractivity contribution in [3.8, 4) is 0 Å². The highest BCUT2D eigenvalue weighted by atomic mass is 35.5. The summed E-state index contributed by atoms with van der Waals surface area (Å²) in [4.78, 5) is 25.3. The van der Waals surface area contributed by atoms with Crippen molar-refractivity contribution < 1.29 is 9.59 Å². The van der Waals surface area contributed by atoms with E-state index >= 15 is 0 Å². The summed E-state index contributed by atoms with van der Waals surface area (Å²) in [6, 6.07) is 5.28. The molecular weight excluding hydrogens is 226 g/mol. The van der Waals surface area contributed by atoms with Crippen molar-refractivity contribution in [1.82, 2.24) is 4.90 Å². The number of carbonyl (C=O) groups excluding carboxylic acids is 2. The summed E-state index contributed by atoms with van der Waals surface area (Å²) in [5, 5.41) is 0.568. The van der Waals surface area contributed by atoms with Crippen LogP contribution < -0.4 is 0 Å². The summed E-state index contributed by atoms with van der Waals surface area (Å²) < 4.78 is 0. The first-order valence-corrected chi connectivity index (χ1v) is 5.67. The normalized spacial score (nSPS) is 23.3. The molecule has 16 heavy (non-hydrogen) atoms. The van der Waals surface area contributed by atoms with Gasteiger partial charge in [-0.15, -0.1) is 0 Å². The van der Waals surface area contributed by atoms with Gasteiger partial charge in [0.1, 0.15) is 5.78 Å². The standard InChI is InChI=1S/C12H10ClNO2/c13-7-1-2-9-10(5-7)12(16)14-4-3-8(15)6-11(9)14/h1-2,5,11H,3-4,6H2. The molecule has 1 atom stereocenters. The molecule has 4 heteroatoms. The van der Waals surface area contributed by atoms with Gasteiger partial charge < -0.3 is 4.90 Å². The molecule has 0 N–H and O–H groups in total. The lowest BCUT2D eigenvalue weighted by atomic mass is 9.97. The predicted molar refractivity (Wildman–Crippen MR) is 59.5 cm³/mol. The number of rotatable bonds is 0. The van der Waals surface area contributed by atoms with Gasteiger partial charge in [-0.2, -0.15) is 0 Å². The number of fused-ring (bicyclic) bond motifs is 3. The van der Waals surface area contributed by atoms with Crippen LogP contribution in [0.4, 0.5) is 0 Å². The molecule has 3 nitrogen and oxygen atoms in total. The van der Waals surface area contributed by atoms with Crippen molar-refractivity contribution in [2.24, 2.45) is 0 Å². The fourth-order valence-electron chi connectivity index (χ4n) is 2.51. The Kier molecular flexibility index (Phi) is 2.04. The van der Waals surface area contributed by atoms with E-state index in [9.17, 15) is 9.59 Å². The van der Waals surface area contributed by atoms with E-state index < -0.39 is 0 Å². The molecule has 1 aromatic carbocycles. The van der Waals surface area contributed by atoms with Crippen LogP contribution in [-0.2, 0) is 4.79 Å². The maximum Gasteiger partial charge on any atom is 0.254 e. The van der Waals surface area contributed by atoms with Crippen LogP contribution in [0.3, 0.4) is 0 Å². The molecule has 0 saturated carbocycles. The summed E-state index contributed by atoms with van der Waals surface area (Å²) in [5.74, 6) is 0.242. The van der Waals surface area contributed by atoms with Crippen molar-refractivity contribution >= 4 is 23.3 Å². The van der Waals surface area contributed by atoms with E-state index in [0.29, 0.717) is 30.0 Å². The molecule has 0 aromatic heterocycles. The number of ketones is 1. The van der Waals surface area contributed by atoms with Gasteiger partial charge in [0, 0.05) is 30.0 Å². The summed E-state index contributed by atoms with van der Waals surface area (Å²) in [7, 11) is 0. The number of hydrogen-bond donors (Lipinski definition) is 0. The second-order valence-corrected chi connectivity index (χ2v) is 4.68. The van der Waals surface area contributed by atoms with Crippen LogP contribution in [0.25, 0.3) is 0 Å². The lowest BCUT2D eigenvalue weighted by Gasteiger charge is -2.29. The molecule has 1 fully saturated rings. The fourth-order valence-corrected chi connectivity index (χ4v) is 2.68. The van der Waals surface area contributed by atoms with Crippen LogP contribution in [0, 0.1) is 0 Å². The first kappa shape index (κ1) is 9.85. The maximum atomic E-state index is 12.0. The molecule has 2 aliphatic rings. The van der Waals surface area contributed by atoms with Crippen LogP contribution in [0.1, 0.15) is 34.8 Å². The third-order valence-electron chi connectivity index (χ3n) is 3.29. The second kappa shape index (κ2) is 3.32. The van der Waals surface area contributed by atoms with Gasteiger partial charge in [-0.1, -0.05) is 17.7 Å². The molecule has 1 unspecified atom stereocenters. The highest BCUT2D eigenvalue weighted by Gasteiger charge is 2.40. The van der Waals surface area contributed by atoms with Crippen molar-refractivity contribution in [3.05, 3.63) is 34.3 Å². The van der Waals surface area contributed by atoms with E-state index in [-0.39, 0.29) is 17.7 Å². The van der Waals surface area contributed by atoms with Gasteiger partial charge in [0.15, 0.2) is 0 Å². The zero-order valence-corrected chi connectivity index (χ0v) is 9.33. The Hall–Kier alpha value is -1.35. The molecule has 0 spiro atoms. The van der Waals surface area contributed by atoms with E-state index in [4.69, 9.17) is 11.6 Å². The zero-order valence-electron chi connectivity index (χ0n) is 8.57. The van der Waals surface area contributed by atoms with Crippen LogP contribution in [0.15, 0.2) is 18.2 Å². The van der Waals surface area contributed by atoms with Crippen LogP contribution >= 0.6 is 11.6 Å². The van der Waals surface area contributed by atoms with E-state index in [2.05, 4.69) is 0 Å². The Morgan fingerprint density at radius 1 is 1.31 bits per heavy atom. The third-order valence-corrected chi connectivity index (χ3v) is 3.53. The van der Waals surface area contributed by atoms with Gasteiger partial charge in [0.05, 0.1) is 6.04 Å². The van der Waals surface area contributed by atoms with Gasteiger partial charge in [-0.3, -0.25) is 9.59 Å². The first-order chi connectivity index (χ1) is 7.66. The minimum absolute atomic E-state index is 0.00926. The molecule has 0 aliphatic carbocycles. The lowest BCUT2D eigenvalue weighted by Crippen LogP contribution is -2.35. The molecule has 2 aliphatic heterocycles. The first-order valence-electron chi connectivity index (χ1n) is 5.29. The van der Waals surface area contributed by atoms with Crippen molar-refractivity contribution in [2.75, 3.05) is 6.54 Å². The smallest absolute Gasteiger partial charge is 0.254 e. The Bertz CT molecular complexity index is 498. The number of nitrogens with zero attached hydrogens (tertiary/aromatic N) is 1. The number of carbonyl (C=O) groups is 2. The molecule has 0 radical (unpaired) electrons. The number of halogens is 1. The monoisotopic (exact) mass is 235 g/mol. The third kappa shape index (κ3) is 1.28. The lowest BCUT2D eigenvalue weighted by molar-refractivity contribution is -0.122. The number of amides is 1. The minimum atomic E-state index is -0.0546. The second-order valence-electron chi connectivity index (χ2n) is 4.24. The SMILES string of the molecule is O=C1CCN2C(=O)c3cc(Cl)ccc3C2C1. The van der Waals surface area contributed by atoms with Gasteiger partial charge in [0.25, 0.3) is 5.91 Å². The maximum absolute atomic E-state index is 12.0. The Labute approximate surface area is 98.0 Å². The van der Waals surface area contributed by atoms with Gasteiger partial charge >= 0.3 is 0 Å². The molecule has 1 saturated heterocycles. The number of Topliss-reactive ketones (excluding diaryl/α,β-unsaturated/α-hetero) is 1.